The molecule has 6 nitrogen and oxygen atoms in total. The lowest BCUT2D eigenvalue weighted by Gasteiger charge is -2.35. The van der Waals surface area contributed by atoms with E-state index in [-0.39, 0.29) is 11.9 Å². The summed E-state index contributed by atoms with van der Waals surface area (Å²) in [5, 5.41) is 7.98. The molecule has 0 radical (unpaired) electrons. The van der Waals surface area contributed by atoms with Crippen molar-refractivity contribution in [3.8, 4) is 0 Å². The number of para-hydroxylation sites is 1. The van der Waals surface area contributed by atoms with Crippen molar-refractivity contribution < 1.29 is 9.53 Å². The lowest BCUT2D eigenvalue weighted by atomic mass is 10.1. The van der Waals surface area contributed by atoms with Crippen molar-refractivity contribution >= 4 is 16.8 Å². The zero-order chi connectivity index (χ0) is 16.7. The minimum Gasteiger partial charge on any atom is -0.377 e. The highest BCUT2D eigenvalue weighted by atomic mass is 16.5. The summed E-state index contributed by atoms with van der Waals surface area (Å²) in [5.74, 6) is 0.0483. The lowest BCUT2D eigenvalue weighted by molar-refractivity contribution is -0.00385. The van der Waals surface area contributed by atoms with Crippen LogP contribution < -0.4 is 0 Å². The van der Waals surface area contributed by atoms with E-state index in [9.17, 15) is 4.79 Å². The van der Waals surface area contributed by atoms with E-state index >= 15 is 0 Å². The molecule has 1 unspecified atom stereocenters. The number of hydrogen-bond donors (Lipinski definition) is 1. The third-order valence-corrected chi connectivity index (χ3v) is 4.88. The van der Waals surface area contributed by atoms with E-state index in [1.165, 1.54) is 0 Å². The van der Waals surface area contributed by atoms with Gasteiger partial charge in [-0.25, -0.2) is 0 Å². The van der Waals surface area contributed by atoms with Gasteiger partial charge in [-0.3, -0.25) is 9.89 Å². The molecule has 1 aliphatic rings. The molecule has 24 heavy (non-hydrogen) atoms. The van der Waals surface area contributed by atoms with Crippen LogP contribution in [0.15, 0.2) is 36.5 Å². The van der Waals surface area contributed by atoms with Gasteiger partial charge in [0.15, 0.2) is 0 Å². The minimum atomic E-state index is -0.132. The summed E-state index contributed by atoms with van der Waals surface area (Å²) in [6.07, 6.45) is 1.70. The topological polar surface area (TPSA) is 63.2 Å². The van der Waals surface area contributed by atoms with Crippen molar-refractivity contribution in [2.24, 2.45) is 7.05 Å². The number of rotatable bonds is 2. The number of morpholine rings is 1. The minimum absolute atomic E-state index is 0.0483. The molecule has 0 bridgehead atoms. The van der Waals surface area contributed by atoms with E-state index in [0.717, 1.165) is 27.9 Å². The summed E-state index contributed by atoms with van der Waals surface area (Å²) in [6, 6.07) is 9.80. The number of carbonyl (C=O) groups is 1. The Kier molecular flexibility index (Phi) is 3.61. The van der Waals surface area contributed by atoms with E-state index in [0.29, 0.717) is 19.8 Å². The van der Waals surface area contributed by atoms with Gasteiger partial charge in [0.25, 0.3) is 5.91 Å². The molecule has 3 aromatic rings. The van der Waals surface area contributed by atoms with Crippen molar-refractivity contribution in [3.63, 3.8) is 0 Å². The molecule has 1 N–H and O–H groups in total. The number of nitrogens with one attached hydrogen (secondary N) is 1. The average Bonchev–Trinajstić information content (AvgIpc) is 3.23. The first-order valence-electron chi connectivity index (χ1n) is 8.10. The van der Waals surface area contributed by atoms with Gasteiger partial charge in [0.05, 0.1) is 30.5 Å². The van der Waals surface area contributed by atoms with Gasteiger partial charge < -0.3 is 14.2 Å². The van der Waals surface area contributed by atoms with Gasteiger partial charge in [-0.2, -0.15) is 5.10 Å². The highest BCUT2D eigenvalue weighted by molar-refractivity contribution is 6.08. The largest absolute Gasteiger partial charge is 0.377 e. The predicted octanol–water partition coefficient (Wildman–Crippen LogP) is 2.42. The maximum absolute atomic E-state index is 13.4. The van der Waals surface area contributed by atoms with Crippen LogP contribution in [0.1, 0.15) is 27.8 Å². The summed E-state index contributed by atoms with van der Waals surface area (Å²) in [4.78, 5) is 15.3. The maximum Gasteiger partial charge on any atom is 0.257 e. The molecule has 0 aliphatic carbocycles. The van der Waals surface area contributed by atoms with Crippen molar-refractivity contribution in [2.45, 2.75) is 13.0 Å². The van der Waals surface area contributed by atoms with Crippen LogP contribution in [0.4, 0.5) is 0 Å². The summed E-state index contributed by atoms with van der Waals surface area (Å²) in [7, 11) is 2.00. The molecule has 1 amide bonds. The Hall–Kier alpha value is -2.60. The van der Waals surface area contributed by atoms with Gasteiger partial charge in [0.1, 0.15) is 0 Å². The number of fused-ring (bicyclic) bond motifs is 1. The van der Waals surface area contributed by atoms with E-state index < -0.39 is 0 Å². The fourth-order valence-electron chi connectivity index (χ4n) is 3.49. The normalized spacial score (nSPS) is 18.2. The van der Waals surface area contributed by atoms with Gasteiger partial charge in [0, 0.05) is 36.4 Å². The SMILES string of the molecule is Cc1c(C(=O)N2CCOCC2c2ccn[nH]2)c2ccccc2n1C. The molecule has 1 saturated heterocycles. The molecule has 0 saturated carbocycles. The predicted molar refractivity (Wildman–Crippen MR) is 90.8 cm³/mol. The maximum atomic E-state index is 13.4. The Labute approximate surface area is 140 Å². The second kappa shape index (κ2) is 5.79. The van der Waals surface area contributed by atoms with Gasteiger partial charge in [0.2, 0.25) is 0 Å². The molecule has 0 spiro atoms. The number of aryl methyl sites for hydroxylation is 1. The fourth-order valence-corrected chi connectivity index (χ4v) is 3.49. The lowest BCUT2D eigenvalue weighted by Crippen LogP contribution is -2.43. The fraction of sp³-hybridized carbons (Fsp3) is 0.333. The molecule has 6 heteroatoms. The zero-order valence-electron chi connectivity index (χ0n) is 13.8. The first kappa shape index (κ1) is 15.0. The van der Waals surface area contributed by atoms with E-state index in [4.69, 9.17) is 4.74 Å². The van der Waals surface area contributed by atoms with Gasteiger partial charge in [-0.1, -0.05) is 18.2 Å². The third kappa shape index (κ3) is 2.22. The van der Waals surface area contributed by atoms with E-state index in [1.54, 1.807) is 6.20 Å². The molecule has 2 aromatic heterocycles. The number of benzene rings is 1. The van der Waals surface area contributed by atoms with Crippen LogP contribution in [0.5, 0.6) is 0 Å². The van der Waals surface area contributed by atoms with Crippen molar-refractivity contribution in [1.82, 2.24) is 19.7 Å². The van der Waals surface area contributed by atoms with Crippen molar-refractivity contribution in [1.29, 1.82) is 0 Å². The standard InChI is InChI=1S/C18H20N4O2/c1-12-17(13-5-3-4-6-15(13)21(12)2)18(23)22-9-10-24-11-16(22)14-7-8-19-20-14/h3-8,16H,9-11H2,1-2H3,(H,19,20). The van der Waals surface area contributed by atoms with Crippen LogP contribution in [-0.2, 0) is 11.8 Å². The van der Waals surface area contributed by atoms with Gasteiger partial charge in [-0.15, -0.1) is 0 Å². The Morgan fingerprint density at radius 2 is 2.17 bits per heavy atom. The molecule has 1 aromatic carbocycles. The number of hydrogen-bond acceptors (Lipinski definition) is 3. The Morgan fingerprint density at radius 3 is 2.96 bits per heavy atom. The quantitative estimate of drug-likeness (QED) is 0.787. The second-order valence-corrected chi connectivity index (χ2v) is 6.14. The number of nitrogens with zero attached hydrogens (tertiary/aromatic N) is 3. The summed E-state index contributed by atoms with van der Waals surface area (Å²) in [6.45, 7) is 3.61. The molecule has 124 valence electrons. The summed E-state index contributed by atoms with van der Waals surface area (Å²) in [5.41, 5.74) is 3.74. The third-order valence-electron chi connectivity index (χ3n) is 4.88. The van der Waals surface area contributed by atoms with Crippen molar-refractivity contribution in [3.05, 3.63) is 53.5 Å². The number of carbonyl (C=O) groups excluding carboxylic acids is 1. The van der Waals surface area contributed by atoms with E-state index in [2.05, 4.69) is 14.8 Å². The zero-order valence-corrected chi connectivity index (χ0v) is 13.8. The van der Waals surface area contributed by atoms with Crippen LogP contribution in [0, 0.1) is 6.92 Å². The van der Waals surface area contributed by atoms with Crippen LogP contribution >= 0.6 is 0 Å². The number of H-pyrrole nitrogens is 1. The Morgan fingerprint density at radius 1 is 1.33 bits per heavy atom. The van der Waals surface area contributed by atoms with Gasteiger partial charge in [-0.05, 0) is 19.1 Å². The van der Waals surface area contributed by atoms with Crippen LogP contribution in [0.3, 0.4) is 0 Å². The van der Waals surface area contributed by atoms with E-state index in [1.807, 2.05) is 49.2 Å². The monoisotopic (exact) mass is 324 g/mol. The van der Waals surface area contributed by atoms with Crippen LogP contribution in [0.25, 0.3) is 10.9 Å². The molecular weight excluding hydrogens is 304 g/mol. The molecule has 1 fully saturated rings. The number of amides is 1. The first-order chi connectivity index (χ1) is 11.7. The highest BCUT2D eigenvalue weighted by Gasteiger charge is 2.32. The first-order valence-corrected chi connectivity index (χ1v) is 8.10. The summed E-state index contributed by atoms with van der Waals surface area (Å²) >= 11 is 0. The average molecular weight is 324 g/mol. The van der Waals surface area contributed by atoms with Crippen LogP contribution in [-0.4, -0.2) is 45.3 Å². The Bertz CT molecular complexity index is 882. The molecule has 1 atom stereocenters. The number of aromatic amines is 1. The smallest absolute Gasteiger partial charge is 0.257 e. The van der Waals surface area contributed by atoms with Gasteiger partial charge >= 0.3 is 0 Å². The Balaban J connectivity index is 1.79. The highest BCUT2D eigenvalue weighted by Crippen LogP contribution is 2.30. The number of ether oxygens (including phenoxy) is 1. The van der Waals surface area contributed by atoms with Crippen molar-refractivity contribution in [2.75, 3.05) is 19.8 Å². The molecule has 3 heterocycles. The molecule has 1 aliphatic heterocycles. The second-order valence-electron chi connectivity index (χ2n) is 6.14. The molecule has 4 rings (SSSR count). The number of aromatic nitrogens is 3. The molecular formula is C18H20N4O2. The summed E-state index contributed by atoms with van der Waals surface area (Å²) < 4.78 is 7.68. The van der Waals surface area contributed by atoms with Crippen LogP contribution in [0.2, 0.25) is 0 Å².